The first-order chi connectivity index (χ1) is 8.90. The summed E-state index contributed by atoms with van der Waals surface area (Å²) in [5, 5.41) is 0. The van der Waals surface area contributed by atoms with Crippen molar-refractivity contribution in [2.45, 2.75) is 12.8 Å². The Labute approximate surface area is 114 Å². The van der Waals surface area contributed by atoms with Crippen LogP contribution in [0.15, 0.2) is 24.3 Å². The molecule has 0 fully saturated rings. The van der Waals surface area contributed by atoms with Crippen molar-refractivity contribution in [2.75, 3.05) is 24.8 Å². The van der Waals surface area contributed by atoms with Crippen molar-refractivity contribution in [3.8, 4) is 0 Å². The largest absolute Gasteiger partial charge is 0.285 e. The molecule has 0 saturated carbocycles. The molecule has 0 spiro atoms. The normalized spacial score (nSPS) is 15.8. The Morgan fingerprint density at radius 1 is 1.00 bits per heavy atom. The van der Waals surface area contributed by atoms with Gasteiger partial charge in [-0.1, -0.05) is 12.1 Å². The second-order valence-corrected chi connectivity index (χ2v) is 8.91. The molecule has 0 saturated heterocycles. The minimum atomic E-state index is -2.00. The van der Waals surface area contributed by atoms with Crippen molar-refractivity contribution in [3.05, 3.63) is 35.4 Å². The first-order valence-corrected chi connectivity index (χ1v) is 9.18. The third-order valence-electron chi connectivity index (χ3n) is 3.21. The van der Waals surface area contributed by atoms with Crippen LogP contribution in [0.25, 0.3) is 0 Å². The molecule has 0 atom stereocenters. The molecule has 2 rings (SSSR count). The number of hydrogen-bond acceptors (Lipinski definition) is 3. The van der Waals surface area contributed by atoms with E-state index in [4.69, 9.17) is 0 Å². The van der Waals surface area contributed by atoms with Crippen LogP contribution in [0.5, 0.6) is 0 Å². The highest BCUT2D eigenvalue weighted by Gasteiger charge is 2.34. The van der Waals surface area contributed by atoms with Gasteiger partial charge in [-0.3, -0.25) is 18.7 Å². The number of imide groups is 1. The summed E-state index contributed by atoms with van der Waals surface area (Å²) < 4.78 is 11.6. The van der Waals surface area contributed by atoms with Gasteiger partial charge in [0.25, 0.3) is 11.8 Å². The molecule has 4 nitrogen and oxygen atoms in total. The van der Waals surface area contributed by atoms with Crippen molar-refractivity contribution >= 4 is 21.7 Å². The van der Waals surface area contributed by atoms with E-state index in [-0.39, 0.29) is 11.8 Å². The predicted molar refractivity (Wildman–Crippen MR) is 77.3 cm³/mol. The van der Waals surface area contributed by atoms with E-state index in [1.165, 1.54) is 4.90 Å². The van der Waals surface area contributed by atoms with E-state index < -0.39 is 9.93 Å². The second-order valence-electron chi connectivity index (χ2n) is 5.31. The molecule has 2 amide bonds. The maximum atomic E-state index is 12.0. The highest BCUT2D eigenvalue weighted by Crippen LogP contribution is 2.22. The molecule has 19 heavy (non-hydrogen) atoms. The second kappa shape index (κ2) is 5.25. The third kappa shape index (κ3) is 3.10. The van der Waals surface area contributed by atoms with Gasteiger partial charge in [0.05, 0.1) is 11.1 Å². The molecule has 1 aromatic carbocycles. The first kappa shape index (κ1) is 13.9. The lowest BCUT2D eigenvalue weighted by molar-refractivity contribution is 0.0652. The standard InChI is InChI=1S/C14H19NO3S/c1-19(2,18)10-6-5-9-15-13(16)11-7-3-4-8-12(11)14(15)17/h3-4,7-8,19H,5-6,9-10H2,1-2H3. The van der Waals surface area contributed by atoms with Gasteiger partial charge in [0.2, 0.25) is 0 Å². The fourth-order valence-corrected chi connectivity index (χ4v) is 3.19. The average Bonchev–Trinajstić information content (AvgIpc) is 2.58. The number of rotatable bonds is 5. The number of amides is 2. The molecule has 5 heteroatoms. The summed E-state index contributed by atoms with van der Waals surface area (Å²) >= 11 is 0. The Kier molecular flexibility index (Phi) is 3.85. The van der Waals surface area contributed by atoms with E-state index in [0.717, 1.165) is 6.42 Å². The monoisotopic (exact) mass is 281 g/mol. The molecule has 1 aliphatic rings. The Balaban J connectivity index is 1.95. The topological polar surface area (TPSA) is 54.5 Å². The van der Waals surface area contributed by atoms with Crippen molar-refractivity contribution in [1.29, 1.82) is 0 Å². The molecule has 1 heterocycles. The van der Waals surface area contributed by atoms with Crippen LogP contribution in [0.2, 0.25) is 0 Å². The molecular weight excluding hydrogens is 262 g/mol. The summed E-state index contributed by atoms with van der Waals surface area (Å²) in [4.78, 5) is 25.4. The van der Waals surface area contributed by atoms with Crippen molar-refractivity contribution in [3.63, 3.8) is 0 Å². The Hall–Kier alpha value is -1.49. The first-order valence-electron chi connectivity index (χ1n) is 6.39. The molecule has 0 unspecified atom stereocenters. The summed E-state index contributed by atoms with van der Waals surface area (Å²) in [6.45, 7) is 0.409. The van der Waals surface area contributed by atoms with Crippen LogP contribution in [0, 0.1) is 0 Å². The molecule has 0 N–H and O–H groups in total. The van der Waals surface area contributed by atoms with Crippen LogP contribution < -0.4 is 0 Å². The molecular formula is C14H19NO3S. The Morgan fingerprint density at radius 2 is 1.53 bits per heavy atom. The van der Waals surface area contributed by atoms with Crippen LogP contribution >= 0.6 is 0 Å². The fraction of sp³-hybridized carbons (Fsp3) is 0.429. The van der Waals surface area contributed by atoms with Gasteiger partial charge in [-0.05, 0) is 37.5 Å². The molecule has 1 aromatic rings. The average molecular weight is 281 g/mol. The van der Waals surface area contributed by atoms with Gasteiger partial charge in [0.1, 0.15) is 0 Å². The van der Waals surface area contributed by atoms with Gasteiger partial charge in [-0.15, -0.1) is 9.93 Å². The summed E-state index contributed by atoms with van der Waals surface area (Å²) in [6.07, 6.45) is 5.00. The number of nitrogens with zero attached hydrogens (tertiary/aromatic N) is 1. The summed E-state index contributed by atoms with van der Waals surface area (Å²) in [7, 11) is -2.00. The molecule has 0 bridgehead atoms. The fourth-order valence-electron chi connectivity index (χ4n) is 2.20. The van der Waals surface area contributed by atoms with Gasteiger partial charge < -0.3 is 0 Å². The highest BCUT2D eigenvalue weighted by atomic mass is 32.2. The van der Waals surface area contributed by atoms with Gasteiger partial charge in [-0.25, -0.2) is 0 Å². The van der Waals surface area contributed by atoms with E-state index in [9.17, 15) is 13.8 Å². The lowest BCUT2D eigenvalue weighted by Crippen LogP contribution is -2.31. The molecule has 0 aromatic heterocycles. The van der Waals surface area contributed by atoms with E-state index >= 15 is 0 Å². The van der Waals surface area contributed by atoms with Crippen LogP contribution in [0.1, 0.15) is 33.6 Å². The molecule has 1 aliphatic heterocycles. The van der Waals surface area contributed by atoms with E-state index in [0.29, 0.717) is 29.8 Å². The van der Waals surface area contributed by atoms with Crippen LogP contribution in [0.3, 0.4) is 0 Å². The van der Waals surface area contributed by atoms with Gasteiger partial charge in [0.15, 0.2) is 0 Å². The van der Waals surface area contributed by atoms with E-state index in [1.54, 1.807) is 36.8 Å². The number of carbonyl (C=O) groups is 2. The lowest BCUT2D eigenvalue weighted by atomic mass is 10.1. The number of thiol groups is 1. The van der Waals surface area contributed by atoms with Crippen molar-refractivity contribution in [1.82, 2.24) is 4.90 Å². The maximum absolute atomic E-state index is 12.0. The minimum Gasteiger partial charge on any atom is -0.285 e. The van der Waals surface area contributed by atoms with Gasteiger partial charge in [-0.2, -0.15) is 0 Å². The zero-order valence-electron chi connectivity index (χ0n) is 11.3. The zero-order chi connectivity index (χ0) is 14.0. The molecule has 104 valence electrons. The smallest absolute Gasteiger partial charge is 0.261 e. The minimum absolute atomic E-state index is 0.211. The lowest BCUT2D eigenvalue weighted by Gasteiger charge is -2.15. The zero-order valence-corrected chi connectivity index (χ0v) is 12.2. The number of benzene rings is 1. The predicted octanol–water partition coefficient (Wildman–Crippen LogP) is 1.34. The van der Waals surface area contributed by atoms with Gasteiger partial charge >= 0.3 is 0 Å². The summed E-state index contributed by atoms with van der Waals surface area (Å²) in [5.74, 6) is 0.240. The molecule has 0 aliphatic carbocycles. The van der Waals surface area contributed by atoms with Crippen molar-refractivity contribution < 1.29 is 13.8 Å². The van der Waals surface area contributed by atoms with Crippen LogP contribution in [-0.2, 0) is 9.93 Å². The number of unbranched alkanes of at least 4 members (excludes halogenated alkanes) is 1. The van der Waals surface area contributed by atoms with E-state index in [2.05, 4.69) is 0 Å². The van der Waals surface area contributed by atoms with Gasteiger partial charge in [0, 0.05) is 12.3 Å². The number of carbonyl (C=O) groups excluding carboxylic acids is 2. The number of fused-ring (bicyclic) bond motifs is 1. The van der Waals surface area contributed by atoms with Crippen molar-refractivity contribution in [2.24, 2.45) is 0 Å². The van der Waals surface area contributed by atoms with Crippen LogP contribution in [0.4, 0.5) is 0 Å². The number of hydrogen-bond donors (Lipinski definition) is 1. The summed E-state index contributed by atoms with van der Waals surface area (Å²) in [5.41, 5.74) is 0.980. The quantitative estimate of drug-likeness (QED) is 0.503. The maximum Gasteiger partial charge on any atom is 0.261 e. The molecule has 0 radical (unpaired) electrons. The Morgan fingerprint density at radius 3 is 2.00 bits per heavy atom. The third-order valence-corrected chi connectivity index (χ3v) is 4.60. The van der Waals surface area contributed by atoms with E-state index in [1.807, 2.05) is 0 Å². The van der Waals surface area contributed by atoms with Crippen LogP contribution in [-0.4, -0.2) is 45.7 Å². The Bertz CT molecular complexity index is 527. The summed E-state index contributed by atoms with van der Waals surface area (Å²) in [6, 6.07) is 6.89. The SMILES string of the molecule is C[SH](C)(=O)CCCCN1C(=O)c2ccccc2C1=O. The highest BCUT2D eigenvalue weighted by molar-refractivity contribution is 8.01.